The summed E-state index contributed by atoms with van der Waals surface area (Å²) >= 11 is 0. The number of anilines is 1. The van der Waals surface area contributed by atoms with Crippen LogP contribution in [0.3, 0.4) is 0 Å². The van der Waals surface area contributed by atoms with Gasteiger partial charge >= 0.3 is 0 Å². The van der Waals surface area contributed by atoms with E-state index in [0.29, 0.717) is 0 Å². The van der Waals surface area contributed by atoms with E-state index in [-0.39, 0.29) is 0 Å². The van der Waals surface area contributed by atoms with Gasteiger partial charge < -0.3 is 14.7 Å². The monoisotopic (exact) mass is 259 g/mol. The molecule has 3 rings (SSSR count). The fourth-order valence-electron chi connectivity index (χ4n) is 3.00. The Morgan fingerprint density at radius 2 is 1.84 bits per heavy atom. The predicted octanol–water partition coefficient (Wildman–Crippen LogP) is 2.71. The van der Waals surface area contributed by atoms with Crippen molar-refractivity contribution in [1.82, 2.24) is 0 Å². The SMILES string of the molecule is OC1(C2=COCCC2)CCN(c2ccccc2)CC1. The minimum Gasteiger partial charge on any atom is -0.501 e. The Hall–Kier alpha value is -1.48. The van der Waals surface area contributed by atoms with E-state index in [9.17, 15) is 5.11 Å². The molecule has 0 amide bonds. The molecule has 1 aromatic carbocycles. The van der Waals surface area contributed by atoms with Crippen molar-refractivity contribution in [1.29, 1.82) is 0 Å². The Morgan fingerprint density at radius 3 is 2.47 bits per heavy atom. The third-order valence-corrected chi connectivity index (χ3v) is 4.24. The summed E-state index contributed by atoms with van der Waals surface area (Å²) in [4.78, 5) is 2.35. The second kappa shape index (κ2) is 5.25. The number of aliphatic hydroxyl groups is 1. The first-order valence-corrected chi connectivity index (χ1v) is 7.11. The van der Waals surface area contributed by atoms with Gasteiger partial charge in [-0.1, -0.05) is 18.2 Å². The van der Waals surface area contributed by atoms with Crippen molar-refractivity contribution in [3.63, 3.8) is 0 Å². The van der Waals surface area contributed by atoms with E-state index in [1.165, 1.54) is 5.69 Å². The van der Waals surface area contributed by atoms with Crippen molar-refractivity contribution >= 4 is 5.69 Å². The minimum absolute atomic E-state index is 0.647. The zero-order valence-corrected chi connectivity index (χ0v) is 11.2. The van der Waals surface area contributed by atoms with Crippen LogP contribution in [0.2, 0.25) is 0 Å². The molecular formula is C16H21NO2. The number of hydrogen-bond donors (Lipinski definition) is 1. The highest BCUT2D eigenvalue weighted by Gasteiger charge is 2.36. The summed E-state index contributed by atoms with van der Waals surface area (Å²) in [5.74, 6) is 0. The Labute approximate surface area is 114 Å². The van der Waals surface area contributed by atoms with Gasteiger partial charge in [0.25, 0.3) is 0 Å². The van der Waals surface area contributed by atoms with E-state index >= 15 is 0 Å². The number of hydrogen-bond acceptors (Lipinski definition) is 3. The van der Waals surface area contributed by atoms with Gasteiger partial charge in [0, 0.05) is 18.8 Å². The second-order valence-corrected chi connectivity index (χ2v) is 5.47. The van der Waals surface area contributed by atoms with E-state index in [2.05, 4.69) is 29.2 Å². The number of ether oxygens (including phenoxy) is 1. The largest absolute Gasteiger partial charge is 0.501 e. The summed E-state index contributed by atoms with van der Waals surface area (Å²) in [5.41, 5.74) is 1.69. The Kier molecular flexibility index (Phi) is 3.47. The molecule has 2 aliphatic heterocycles. The van der Waals surface area contributed by atoms with Gasteiger partial charge in [-0.05, 0) is 43.4 Å². The van der Waals surface area contributed by atoms with Crippen molar-refractivity contribution in [3.8, 4) is 0 Å². The molecule has 19 heavy (non-hydrogen) atoms. The number of rotatable bonds is 2. The Morgan fingerprint density at radius 1 is 1.11 bits per heavy atom. The molecule has 1 N–H and O–H groups in total. The summed E-state index contributed by atoms with van der Waals surface area (Å²) in [6.45, 7) is 2.59. The lowest BCUT2D eigenvalue weighted by molar-refractivity contribution is 0.0391. The van der Waals surface area contributed by atoms with Crippen molar-refractivity contribution in [2.45, 2.75) is 31.3 Å². The van der Waals surface area contributed by atoms with Crippen molar-refractivity contribution in [2.75, 3.05) is 24.6 Å². The lowest BCUT2D eigenvalue weighted by Gasteiger charge is -2.41. The second-order valence-electron chi connectivity index (χ2n) is 5.47. The van der Waals surface area contributed by atoms with Crippen LogP contribution in [-0.4, -0.2) is 30.4 Å². The van der Waals surface area contributed by atoms with Crippen molar-refractivity contribution in [3.05, 3.63) is 42.2 Å². The highest BCUT2D eigenvalue weighted by atomic mass is 16.5. The molecule has 0 spiro atoms. The predicted molar refractivity (Wildman–Crippen MR) is 76.1 cm³/mol. The van der Waals surface area contributed by atoms with Crippen LogP contribution in [-0.2, 0) is 4.74 Å². The Balaban J connectivity index is 1.67. The maximum absolute atomic E-state index is 10.8. The maximum atomic E-state index is 10.8. The van der Waals surface area contributed by atoms with E-state index in [1.54, 1.807) is 6.26 Å². The highest BCUT2D eigenvalue weighted by Crippen LogP contribution is 2.35. The first-order chi connectivity index (χ1) is 9.28. The first-order valence-electron chi connectivity index (χ1n) is 7.11. The van der Waals surface area contributed by atoms with Gasteiger partial charge in [-0.15, -0.1) is 0 Å². The summed E-state index contributed by atoms with van der Waals surface area (Å²) in [5, 5.41) is 10.8. The molecular weight excluding hydrogens is 238 g/mol. The van der Waals surface area contributed by atoms with E-state index in [4.69, 9.17) is 4.74 Å². The number of nitrogens with zero attached hydrogens (tertiary/aromatic N) is 1. The number of benzene rings is 1. The molecule has 1 saturated heterocycles. The number of para-hydroxylation sites is 1. The van der Waals surface area contributed by atoms with Crippen molar-refractivity contribution < 1.29 is 9.84 Å². The highest BCUT2D eigenvalue weighted by molar-refractivity contribution is 5.46. The zero-order chi connectivity index (χ0) is 13.1. The average Bonchev–Trinajstić information content (AvgIpc) is 2.50. The molecule has 0 saturated carbocycles. The van der Waals surface area contributed by atoms with Gasteiger partial charge in [-0.25, -0.2) is 0 Å². The van der Waals surface area contributed by atoms with Gasteiger partial charge in [0.1, 0.15) is 0 Å². The van der Waals surface area contributed by atoms with Crippen molar-refractivity contribution in [2.24, 2.45) is 0 Å². The molecule has 102 valence electrons. The molecule has 2 aliphatic rings. The third kappa shape index (κ3) is 2.61. The fraction of sp³-hybridized carbons (Fsp3) is 0.500. The van der Waals surface area contributed by atoms with Crippen LogP contribution in [0.5, 0.6) is 0 Å². The molecule has 0 aromatic heterocycles. The molecule has 0 bridgehead atoms. The van der Waals surface area contributed by atoms with Crippen LogP contribution in [0.15, 0.2) is 42.2 Å². The van der Waals surface area contributed by atoms with E-state index in [0.717, 1.165) is 51.0 Å². The first kappa shape index (κ1) is 12.5. The van der Waals surface area contributed by atoms with E-state index in [1.807, 2.05) is 6.07 Å². The maximum Gasteiger partial charge on any atom is 0.0922 e. The van der Waals surface area contributed by atoms with Gasteiger partial charge in [-0.2, -0.15) is 0 Å². The zero-order valence-electron chi connectivity index (χ0n) is 11.2. The molecule has 1 fully saturated rings. The van der Waals surface area contributed by atoms with Crippen LogP contribution in [0.25, 0.3) is 0 Å². The van der Waals surface area contributed by atoms with Gasteiger partial charge in [0.2, 0.25) is 0 Å². The number of piperidine rings is 1. The van der Waals surface area contributed by atoms with Crippen LogP contribution < -0.4 is 4.90 Å². The molecule has 0 atom stereocenters. The summed E-state index contributed by atoms with van der Waals surface area (Å²) in [6.07, 6.45) is 5.37. The molecule has 0 radical (unpaired) electrons. The quantitative estimate of drug-likeness (QED) is 0.886. The molecule has 0 unspecified atom stereocenters. The lowest BCUT2D eigenvalue weighted by Crippen LogP contribution is -2.46. The van der Waals surface area contributed by atoms with Crippen LogP contribution in [0, 0.1) is 0 Å². The average molecular weight is 259 g/mol. The molecule has 2 heterocycles. The van der Waals surface area contributed by atoms with E-state index < -0.39 is 5.60 Å². The molecule has 3 nitrogen and oxygen atoms in total. The molecule has 3 heteroatoms. The molecule has 0 aliphatic carbocycles. The fourth-order valence-corrected chi connectivity index (χ4v) is 3.00. The standard InChI is InChI=1S/C16H21NO2/c18-16(14-5-4-12-19-13-14)8-10-17(11-9-16)15-6-2-1-3-7-15/h1-3,6-7,13,18H,4-5,8-12H2. The van der Waals surface area contributed by atoms with Crippen LogP contribution in [0.4, 0.5) is 5.69 Å². The third-order valence-electron chi connectivity index (χ3n) is 4.24. The summed E-state index contributed by atoms with van der Waals surface area (Å²) < 4.78 is 5.38. The van der Waals surface area contributed by atoms with Gasteiger partial charge in [0.05, 0.1) is 18.5 Å². The minimum atomic E-state index is -0.647. The summed E-state index contributed by atoms with van der Waals surface area (Å²) in [6, 6.07) is 10.4. The van der Waals surface area contributed by atoms with Crippen LogP contribution in [0.1, 0.15) is 25.7 Å². The normalized spacial score (nSPS) is 22.6. The van der Waals surface area contributed by atoms with Gasteiger partial charge in [0.15, 0.2) is 0 Å². The smallest absolute Gasteiger partial charge is 0.0922 e. The summed E-state index contributed by atoms with van der Waals surface area (Å²) in [7, 11) is 0. The lowest BCUT2D eigenvalue weighted by atomic mass is 9.82. The topological polar surface area (TPSA) is 32.7 Å². The van der Waals surface area contributed by atoms with Crippen LogP contribution >= 0.6 is 0 Å². The van der Waals surface area contributed by atoms with Gasteiger partial charge in [-0.3, -0.25) is 0 Å². The molecule has 1 aromatic rings. The Bertz CT molecular complexity index is 447.